The second kappa shape index (κ2) is 12.2. The van der Waals surface area contributed by atoms with Gasteiger partial charge in [0.25, 0.3) is 16.8 Å². The molecule has 0 saturated carbocycles. The van der Waals surface area contributed by atoms with Gasteiger partial charge in [0, 0.05) is 17.8 Å². The fourth-order valence-electron chi connectivity index (χ4n) is 4.63. The minimum absolute atomic E-state index is 0.147. The van der Waals surface area contributed by atoms with E-state index < -0.39 is 22.5 Å². The van der Waals surface area contributed by atoms with E-state index in [1.54, 1.807) is 57.2 Å². The van der Waals surface area contributed by atoms with Crippen LogP contribution in [0, 0.1) is 17.0 Å². The first kappa shape index (κ1) is 29.7. The predicted octanol–water partition coefficient (Wildman–Crippen LogP) is 3.26. The summed E-state index contributed by atoms with van der Waals surface area (Å²) < 4.78 is 12.4. The number of allylic oxidation sites excluding steroid dienone is 1. The SMILES string of the molecule is CCOC(=O)C1=C(C)N=c2s/c(=C/c3ccc(Sc4nc(C)cc(=O)[nH]4)c([N+](=O)[O-])c3)c(=O)n2[C@H]1c1cccc(OC)c1. The molecule has 0 amide bonds. The third kappa shape index (κ3) is 6.05. The topological polar surface area (TPSA) is 159 Å². The molecular weight excluding hydrogens is 594 g/mol. The highest BCUT2D eigenvalue weighted by Gasteiger charge is 2.33. The number of ether oxygens (including phenoxy) is 2. The highest BCUT2D eigenvalue weighted by atomic mass is 32.2. The molecule has 0 spiro atoms. The summed E-state index contributed by atoms with van der Waals surface area (Å²) in [6.07, 6.45) is 1.55. The molecule has 4 aromatic rings. The van der Waals surface area contributed by atoms with Gasteiger partial charge in [0.2, 0.25) is 0 Å². The monoisotopic (exact) mass is 619 g/mol. The first-order chi connectivity index (χ1) is 20.6. The van der Waals surface area contributed by atoms with Crippen molar-refractivity contribution in [2.45, 2.75) is 36.9 Å². The summed E-state index contributed by atoms with van der Waals surface area (Å²) in [5.74, 6) is -0.0355. The van der Waals surface area contributed by atoms with E-state index in [0.717, 1.165) is 23.1 Å². The number of aryl methyl sites for hydroxylation is 1. The third-order valence-electron chi connectivity index (χ3n) is 6.46. The Balaban J connectivity index is 1.63. The summed E-state index contributed by atoms with van der Waals surface area (Å²) in [5, 5.41) is 12.2. The molecule has 1 aliphatic rings. The highest BCUT2D eigenvalue weighted by Crippen LogP contribution is 2.34. The number of nitro groups is 1. The van der Waals surface area contributed by atoms with E-state index in [2.05, 4.69) is 15.0 Å². The minimum Gasteiger partial charge on any atom is -0.497 e. The number of H-pyrrole nitrogens is 1. The molecule has 1 aliphatic heterocycles. The molecule has 2 aromatic carbocycles. The van der Waals surface area contributed by atoms with E-state index in [-0.39, 0.29) is 38.0 Å². The van der Waals surface area contributed by atoms with Crippen LogP contribution in [-0.2, 0) is 9.53 Å². The molecule has 0 bridgehead atoms. The maximum atomic E-state index is 13.9. The van der Waals surface area contributed by atoms with Crippen LogP contribution in [0.2, 0.25) is 0 Å². The number of esters is 1. The number of aromatic amines is 1. The van der Waals surface area contributed by atoms with E-state index >= 15 is 0 Å². The molecule has 0 unspecified atom stereocenters. The quantitative estimate of drug-likeness (QED) is 0.135. The average molecular weight is 620 g/mol. The Hall–Kier alpha value is -4.82. The Morgan fingerprint density at radius 2 is 2.00 bits per heavy atom. The molecule has 0 fully saturated rings. The van der Waals surface area contributed by atoms with Gasteiger partial charge in [-0.3, -0.25) is 24.3 Å². The van der Waals surface area contributed by atoms with Gasteiger partial charge in [-0.2, -0.15) is 0 Å². The molecule has 12 nitrogen and oxygen atoms in total. The van der Waals surface area contributed by atoms with E-state index in [9.17, 15) is 24.5 Å². The number of thiazole rings is 1. The molecule has 3 heterocycles. The van der Waals surface area contributed by atoms with E-state index in [4.69, 9.17) is 9.47 Å². The Morgan fingerprint density at radius 1 is 1.21 bits per heavy atom. The number of nitrogens with one attached hydrogen (secondary N) is 1. The number of nitrogens with zero attached hydrogens (tertiary/aromatic N) is 4. The van der Waals surface area contributed by atoms with Crippen LogP contribution >= 0.6 is 23.1 Å². The molecule has 1 atom stereocenters. The Morgan fingerprint density at radius 3 is 2.70 bits per heavy atom. The summed E-state index contributed by atoms with van der Waals surface area (Å²) in [6.45, 7) is 5.19. The number of fused-ring (bicyclic) bond motifs is 1. The lowest BCUT2D eigenvalue weighted by Crippen LogP contribution is -2.39. The number of aromatic nitrogens is 3. The van der Waals surface area contributed by atoms with Crippen LogP contribution in [-0.4, -0.2) is 39.1 Å². The minimum atomic E-state index is -0.829. The number of rotatable bonds is 8. The van der Waals surface area contributed by atoms with E-state index in [0.29, 0.717) is 33.1 Å². The van der Waals surface area contributed by atoms with Crippen LogP contribution < -0.4 is 25.2 Å². The van der Waals surface area contributed by atoms with Gasteiger partial charge >= 0.3 is 5.97 Å². The zero-order valence-corrected chi connectivity index (χ0v) is 25.1. The van der Waals surface area contributed by atoms with Gasteiger partial charge in [0.1, 0.15) is 5.75 Å². The lowest BCUT2D eigenvalue weighted by atomic mass is 9.95. The average Bonchev–Trinajstić information content (AvgIpc) is 3.26. The van der Waals surface area contributed by atoms with Crippen LogP contribution in [0.25, 0.3) is 6.08 Å². The molecule has 0 radical (unpaired) electrons. The number of benzene rings is 2. The van der Waals surface area contributed by atoms with E-state index in [1.807, 2.05) is 0 Å². The fourth-order valence-corrected chi connectivity index (χ4v) is 6.60. The second-order valence-corrected chi connectivity index (χ2v) is 11.4. The predicted molar refractivity (Wildman–Crippen MR) is 160 cm³/mol. The van der Waals surface area contributed by atoms with Crippen LogP contribution in [0.3, 0.4) is 0 Å². The summed E-state index contributed by atoms with van der Waals surface area (Å²) >= 11 is 2.07. The maximum absolute atomic E-state index is 13.9. The van der Waals surface area contributed by atoms with Crippen molar-refractivity contribution < 1.29 is 19.2 Å². The largest absolute Gasteiger partial charge is 0.497 e. The van der Waals surface area contributed by atoms with Crippen molar-refractivity contribution in [3.63, 3.8) is 0 Å². The van der Waals surface area contributed by atoms with Crippen molar-refractivity contribution in [2.24, 2.45) is 4.99 Å². The van der Waals surface area contributed by atoms with Crippen LogP contribution in [0.15, 0.2) is 84.4 Å². The molecule has 220 valence electrons. The molecule has 0 saturated heterocycles. The van der Waals surface area contributed by atoms with Gasteiger partial charge in [-0.1, -0.05) is 29.5 Å². The van der Waals surface area contributed by atoms with Gasteiger partial charge in [-0.15, -0.1) is 0 Å². The van der Waals surface area contributed by atoms with Gasteiger partial charge in [-0.05, 0) is 67.9 Å². The number of carbonyl (C=O) groups excluding carboxylic acids is 1. The van der Waals surface area contributed by atoms with Crippen LogP contribution in [0.1, 0.15) is 36.7 Å². The van der Waals surface area contributed by atoms with Gasteiger partial charge in [0.05, 0.1) is 45.4 Å². The van der Waals surface area contributed by atoms with Crippen molar-refractivity contribution in [2.75, 3.05) is 13.7 Å². The van der Waals surface area contributed by atoms with Crippen LogP contribution in [0.5, 0.6) is 5.75 Å². The standard InChI is InChI=1S/C29H25N5O7S2/c1-5-41-27(37)24-16(3)31-29-33(25(24)18-7-6-8-19(14-18)40-4)26(36)22(43-29)13-17-9-10-21(20(12-17)34(38)39)42-28-30-15(2)11-23(35)32-28/h6-14,25H,5H2,1-4H3,(H,30,32,35)/b22-13+/t25-/m0/s1. The molecule has 43 heavy (non-hydrogen) atoms. The zero-order chi connectivity index (χ0) is 30.8. The smallest absolute Gasteiger partial charge is 0.338 e. The molecule has 1 N–H and O–H groups in total. The summed E-state index contributed by atoms with van der Waals surface area (Å²) in [5.41, 5.74) is 1.16. The lowest BCUT2D eigenvalue weighted by Gasteiger charge is -2.25. The molecular formula is C29H25N5O7S2. The number of hydrogen-bond acceptors (Lipinski definition) is 11. The van der Waals surface area contributed by atoms with Gasteiger partial charge in [-0.25, -0.2) is 14.8 Å². The normalized spacial score (nSPS) is 14.7. The van der Waals surface area contributed by atoms with Crippen LogP contribution in [0.4, 0.5) is 5.69 Å². The Bertz CT molecular complexity index is 2040. The van der Waals surface area contributed by atoms with Gasteiger partial charge < -0.3 is 14.5 Å². The van der Waals surface area contributed by atoms with Crippen molar-refractivity contribution >= 4 is 40.8 Å². The lowest BCUT2D eigenvalue weighted by molar-refractivity contribution is -0.387. The molecule has 0 aliphatic carbocycles. The Kier molecular flexibility index (Phi) is 8.41. The van der Waals surface area contributed by atoms with Crippen molar-refractivity contribution in [3.8, 4) is 5.75 Å². The molecule has 2 aromatic heterocycles. The number of nitro benzene ring substituents is 1. The number of carbonyl (C=O) groups is 1. The third-order valence-corrected chi connectivity index (χ3v) is 8.39. The highest BCUT2D eigenvalue weighted by molar-refractivity contribution is 7.99. The summed E-state index contributed by atoms with van der Waals surface area (Å²) in [4.78, 5) is 62.2. The van der Waals surface area contributed by atoms with Crippen molar-refractivity contribution in [1.29, 1.82) is 0 Å². The fraction of sp³-hybridized carbons (Fsp3) is 0.207. The molecule has 5 rings (SSSR count). The second-order valence-electron chi connectivity index (χ2n) is 9.36. The summed E-state index contributed by atoms with van der Waals surface area (Å²) in [7, 11) is 1.53. The number of methoxy groups -OCH3 is 1. The van der Waals surface area contributed by atoms with Gasteiger partial charge in [0.15, 0.2) is 9.96 Å². The Labute approximate surface area is 252 Å². The molecule has 14 heteroatoms. The van der Waals surface area contributed by atoms with Crippen molar-refractivity contribution in [1.82, 2.24) is 14.5 Å². The summed E-state index contributed by atoms with van der Waals surface area (Å²) in [6, 6.07) is 12.1. The number of hydrogen-bond donors (Lipinski definition) is 1. The van der Waals surface area contributed by atoms with Crippen molar-refractivity contribution in [3.05, 3.63) is 117 Å². The first-order valence-corrected chi connectivity index (χ1v) is 14.6. The first-order valence-electron chi connectivity index (χ1n) is 13.0. The maximum Gasteiger partial charge on any atom is 0.338 e. The van der Waals surface area contributed by atoms with E-state index in [1.165, 1.54) is 29.9 Å². The zero-order valence-electron chi connectivity index (χ0n) is 23.4.